The van der Waals surface area contributed by atoms with E-state index in [1.165, 1.54) is 22.2 Å². The van der Waals surface area contributed by atoms with Crippen molar-refractivity contribution in [3.8, 4) is 10.4 Å². The molecule has 1 saturated carbocycles. The number of carbonyl (C=O) groups is 1. The Morgan fingerprint density at radius 2 is 2.11 bits per heavy atom. The molecule has 0 atom stereocenters. The SMILES string of the molecule is Cl.NCC1(NC(=O)Cn2cnc3scc(-c4cccs4)c3c2=O)CCCC1. The minimum absolute atomic E-state index is 0. The predicted octanol–water partition coefficient (Wildman–Crippen LogP) is 3.00. The number of nitrogens with zero attached hydrogens (tertiary/aromatic N) is 2. The summed E-state index contributed by atoms with van der Waals surface area (Å²) in [5.41, 5.74) is 6.28. The summed E-state index contributed by atoms with van der Waals surface area (Å²) in [4.78, 5) is 31.6. The highest BCUT2D eigenvalue weighted by molar-refractivity contribution is 7.18. The first-order valence-corrected chi connectivity index (χ1v) is 10.4. The van der Waals surface area contributed by atoms with Crippen molar-refractivity contribution in [3.05, 3.63) is 39.6 Å². The molecule has 0 radical (unpaired) electrons. The van der Waals surface area contributed by atoms with Gasteiger partial charge in [0.25, 0.3) is 5.56 Å². The molecule has 0 saturated heterocycles. The topological polar surface area (TPSA) is 90.0 Å². The van der Waals surface area contributed by atoms with Gasteiger partial charge in [0.15, 0.2) is 0 Å². The van der Waals surface area contributed by atoms with E-state index in [1.54, 1.807) is 11.3 Å². The molecular weight excluding hydrogens is 404 g/mol. The van der Waals surface area contributed by atoms with E-state index < -0.39 is 0 Å². The Labute approximate surface area is 170 Å². The predicted molar refractivity (Wildman–Crippen MR) is 113 cm³/mol. The van der Waals surface area contributed by atoms with Crippen LogP contribution in [-0.2, 0) is 11.3 Å². The van der Waals surface area contributed by atoms with Crippen LogP contribution in [0.2, 0.25) is 0 Å². The second-order valence-electron chi connectivity index (χ2n) is 6.72. The number of halogens is 1. The van der Waals surface area contributed by atoms with Gasteiger partial charge >= 0.3 is 0 Å². The number of nitrogens with two attached hydrogens (primary N) is 1. The van der Waals surface area contributed by atoms with Gasteiger partial charge in [0.1, 0.15) is 11.4 Å². The normalized spacial score (nSPS) is 15.6. The van der Waals surface area contributed by atoms with Crippen molar-refractivity contribution < 1.29 is 4.79 Å². The summed E-state index contributed by atoms with van der Waals surface area (Å²) in [6.07, 6.45) is 5.40. The third-order valence-corrected chi connectivity index (χ3v) is 6.81. The molecule has 1 aliphatic rings. The molecule has 0 unspecified atom stereocenters. The molecule has 3 aromatic heterocycles. The number of thiophene rings is 2. The number of amides is 1. The van der Waals surface area contributed by atoms with Gasteiger partial charge in [-0.25, -0.2) is 4.98 Å². The Balaban J connectivity index is 0.00000210. The van der Waals surface area contributed by atoms with Crippen molar-refractivity contribution in [2.75, 3.05) is 6.54 Å². The second kappa shape index (κ2) is 8.10. The molecule has 3 heterocycles. The molecular formula is C18H21ClN4O2S2. The fourth-order valence-electron chi connectivity index (χ4n) is 3.62. The lowest BCUT2D eigenvalue weighted by molar-refractivity contribution is -0.123. The third-order valence-electron chi connectivity index (χ3n) is 5.02. The smallest absolute Gasteiger partial charge is 0.263 e. The second-order valence-corrected chi connectivity index (χ2v) is 8.53. The molecule has 6 nitrogen and oxygen atoms in total. The highest BCUT2D eigenvalue weighted by atomic mass is 35.5. The maximum Gasteiger partial charge on any atom is 0.263 e. The summed E-state index contributed by atoms with van der Waals surface area (Å²) >= 11 is 3.03. The van der Waals surface area contributed by atoms with Crippen molar-refractivity contribution in [3.63, 3.8) is 0 Å². The van der Waals surface area contributed by atoms with Crippen molar-refractivity contribution in [1.82, 2.24) is 14.9 Å². The van der Waals surface area contributed by atoms with Crippen LogP contribution in [0.15, 0.2) is 34.0 Å². The quantitative estimate of drug-likeness (QED) is 0.658. The fraction of sp³-hybridized carbons (Fsp3) is 0.389. The van der Waals surface area contributed by atoms with Crippen molar-refractivity contribution in [2.24, 2.45) is 5.73 Å². The number of nitrogens with one attached hydrogen (secondary N) is 1. The zero-order chi connectivity index (χ0) is 18.1. The number of hydrogen-bond donors (Lipinski definition) is 2. The zero-order valence-corrected chi connectivity index (χ0v) is 17.1. The first-order valence-electron chi connectivity index (χ1n) is 8.63. The summed E-state index contributed by atoms with van der Waals surface area (Å²) in [5.74, 6) is -0.187. The average molecular weight is 425 g/mol. The van der Waals surface area contributed by atoms with E-state index in [2.05, 4.69) is 10.3 Å². The Bertz CT molecular complexity index is 991. The molecule has 144 valence electrons. The molecule has 27 heavy (non-hydrogen) atoms. The van der Waals surface area contributed by atoms with E-state index >= 15 is 0 Å². The highest BCUT2D eigenvalue weighted by Gasteiger charge is 2.33. The van der Waals surface area contributed by atoms with Gasteiger partial charge in [-0.3, -0.25) is 14.2 Å². The van der Waals surface area contributed by atoms with E-state index in [9.17, 15) is 9.59 Å². The molecule has 3 N–H and O–H groups in total. The van der Waals surface area contributed by atoms with Gasteiger partial charge in [-0.2, -0.15) is 0 Å². The van der Waals surface area contributed by atoms with Crippen LogP contribution in [0.25, 0.3) is 20.7 Å². The Hall–Kier alpha value is -1.74. The number of rotatable bonds is 5. The van der Waals surface area contributed by atoms with E-state index in [4.69, 9.17) is 5.73 Å². The number of carbonyl (C=O) groups excluding carboxylic acids is 1. The van der Waals surface area contributed by atoms with Gasteiger partial charge in [0.05, 0.1) is 17.3 Å². The van der Waals surface area contributed by atoms with Gasteiger partial charge in [-0.1, -0.05) is 18.9 Å². The van der Waals surface area contributed by atoms with Crippen molar-refractivity contribution >= 4 is 51.2 Å². The van der Waals surface area contributed by atoms with Crippen LogP contribution in [0.1, 0.15) is 25.7 Å². The standard InChI is InChI=1S/C18H20N4O2S2.ClH/c19-10-18(5-1-2-6-18)21-14(23)8-22-11-20-16-15(17(22)24)12(9-26-16)13-4-3-7-25-13;/h3-4,7,9,11H,1-2,5-6,8,10,19H2,(H,21,23);1H. The van der Waals surface area contributed by atoms with Crippen molar-refractivity contribution in [2.45, 2.75) is 37.8 Å². The van der Waals surface area contributed by atoms with Crippen LogP contribution in [0, 0.1) is 0 Å². The van der Waals surface area contributed by atoms with Gasteiger partial charge in [-0.05, 0) is 24.3 Å². The Morgan fingerprint density at radius 1 is 1.33 bits per heavy atom. The number of fused-ring (bicyclic) bond motifs is 1. The zero-order valence-electron chi connectivity index (χ0n) is 14.6. The first-order chi connectivity index (χ1) is 12.6. The van der Waals surface area contributed by atoms with Gasteiger partial charge in [-0.15, -0.1) is 35.1 Å². The molecule has 1 fully saturated rings. The molecule has 0 aromatic carbocycles. The van der Waals surface area contributed by atoms with Crippen LogP contribution in [0.4, 0.5) is 0 Å². The van der Waals surface area contributed by atoms with Crippen LogP contribution in [-0.4, -0.2) is 27.5 Å². The van der Waals surface area contributed by atoms with Crippen molar-refractivity contribution in [1.29, 1.82) is 0 Å². The van der Waals surface area contributed by atoms with Crippen LogP contribution in [0.5, 0.6) is 0 Å². The van der Waals surface area contributed by atoms with Gasteiger partial charge in [0.2, 0.25) is 5.91 Å². The maximum absolute atomic E-state index is 13.0. The summed E-state index contributed by atoms with van der Waals surface area (Å²) in [7, 11) is 0. The minimum atomic E-state index is -0.317. The highest BCUT2D eigenvalue weighted by Crippen LogP contribution is 2.33. The fourth-order valence-corrected chi connectivity index (χ4v) is 5.34. The van der Waals surface area contributed by atoms with E-state index in [1.807, 2.05) is 22.9 Å². The monoisotopic (exact) mass is 424 g/mol. The van der Waals surface area contributed by atoms with Crippen LogP contribution < -0.4 is 16.6 Å². The largest absolute Gasteiger partial charge is 0.348 e. The van der Waals surface area contributed by atoms with Gasteiger partial charge < -0.3 is 11.1 Å². The van der Waals surface area contributed by atoms with E-state index in [-0.39, 0.29) is 36.0 Å². The lowest BCUT2D eigenvalue weighted by atomic mass is 9.98. The van der Waals surface area contributed by atoms with E-state index in [0.29, 0.717) is 16.8 Å². The summed E-state index contributed by atoms with van der Waals surface area (Å²) in [5, 5.41) is 7.58. The first kappa shape index (κ1) is 20.0. The molecule has 4 rings (SSSR count). The molecule has 1 aliphatic carbocycles. The third kappa shape index (κ3) is 3.80. The number of aromatic nitrogens is 2. The van der Waals surface area contributed by atoms with E-state index in [0.717, 1.165) is 36.1 Å². The minimum Gasteiger partial charge on any atom is -0.348 e. The van der Waals surface area contributed by atoms with Gasteiger partial charge in [0, 0.05) is 22.4 Å². The molecule has 3 aromatic rings. The molecule has 9 heteroatoms. The molecule has 0 bridgehead atoms. The van der Waals surface area contributed by atoms with Crippen LogP contribution >= 0.6 is 35.1 Å². The molecule has 1 amide bonds. The lowest BCUT2D eigenvalue weighted by Crippen LogP contribution is -2.52. The summed E-state index contributed by atoms with van der Waals surface area (Å²) in [6.45, 7) is 0.390. The molecule has 0 aliphatic heterocycles. The number of hydrogen-bond acceptors (Lipinski definition) is 6. The lowest BCUT2D eigenvalue weighted by Gasteiger charge is -2.28. The molecule has 0 spiro atoms. The summed E-state index contributed by atoms with van der Waals surface area (Å²) < 4.78 is 1.39. The maximum atomic E-state index is 13.0. The Kier molecular flexibility index (Phi) is 6.00. The Morgan fingerprint density at radius 3 is 2.78 bits per heavy atom. The summed E-state index contributed by atoms with van der Waals surface area (Å²) in [6, 6.07) is 3.94. The van der Waals surface area contributed by atoms with Crippen LogP contribution in [0.3, 0.4) is 0 Å². The average Bonchev–Trinajstić information content (AvgIpc) is 3.37.